The Balaban J connectivity index is 3.13. The van der Waals surface area contributed by atoms with Gasteiger partial charge in [0.15, 0.2) is 0 Å². The molecule has 0 aliphatic heterocycles. The molecule has 1 fully saturated rings. The lowest BCUT2D eigenvalue weighted by molar-refractivity contribution is -0.288. The topological polar surface area (TPSA) is 65.0 Å². The highest BCUT2D eigenvalue weighted by atomic mass is 16.7. The molecule has 0 saturated heterocycles. The van der Waals surface area contributed by atoms with Crippen molar-refractivity contribution in [1.29, 1.82) is 0 Å². The molecular weight excluding hydrogens is 212 g/mol. The maximum absolute atomic E-state index is 11.7. The number of esters is 1. The highest BCUT2D eigenvalue weighted by Gasteiger charge is 2.54. The molecule has 1 rings (SSSR count). The zero-order valence-electron chi connectivity index (χ0n) is 9.86. The quantitative estimate of drug-likeness (QED) is 0.434. The molecule has 1 aliphatic carbocycles. The van der Waals surface area contributed by atoms with Gasteiger partial charge in [-0.1, -0.05) is 12.2 Å². The second-order valence-electron chi connectivity index (χ2n) is 3.80. The lowest BCUT2D eigenvalue weighted by Crippen LogP contribution is -2.57. The van der Waals surface area contributed by atoms with Gasteiger partial charge in [-0.05, 0) is 12.8 Å². The number of carbonyl (C=O) groups is 1. The number of carbonyl (C=O) groups excluding carboxylic acids is 1. The molecule has 0 aromatic heterocycles. The fourth-order valence-corrected chi connectivity index (χ4v) is 2.18. The molecule has 1 N–H and O–H groups in total. The third-order valence-corrected chi connectivity index (χ3v) is 3.09. The van der Waals surface area contributed by atoms with Crippen LogP contribution in [0.25, 0.3) is 0 Å². The zero-order chi connectivity index (χ0) is 12.3. The molecule has 0 amide bonds. The van der Waals surface area contributed by atoms with Gasteiger partial charge in [-0.25, -0.2) is 0 Å². The molecule has 0 spiro atoms. The van der Waals surface area contributed by atoms with Crippen molar-refractivity contribution in [3.63, 3.8) is 0 Å². The molecule has 16 heavy (non-hydrogen) atoms. The molecule has 0 radical (unpaired) electrons. The van der Waals surface area contributed by atoms with Crippen molar-refractivity contribution in [2.75, 3.05) is 21.3 Å². The third kappa shape index (κ3) is 1.86. The smallest absolute Gasteiger partial charge is 0.318 e. The number of hydrogen-bond acceptors (Lipinski definition) is 5. The molecule has 92 valence electrons. The van der Waals surface area contributed by atoms with Gasteiger partial charge in [-0.2, -0.15) is 0 Å². The second kappa shape index (κ2) is 4.95. The Labute approximate surface area is 95.0 Å². The Hall–Kier alpha value is -0.910. The van der Waals surface area contributed by atoms with E-state index in [0.717, 1.165) is 0 Å². The van der Waals surface area contributed by atoms with Crippen LogP contribution in [0.15, 0.2) is 12.2 Å². The lowest BCUT2D eigenvalue weighted by Gasteiger charge is -2.44. The second-order valence-corrected chi connectivity index (χ2v) is 3.80. The van der Waals surface area contributed by atoms with Crippen molar-refractivity contribution >= 4 is 5.97 Å². The Morgan fingerprint density at radius 3 is 2.44 bits per heavy atom. The van der Waals surface area contributed by atoms with Crippen molar-refractivity contribution in [2.24, 2.45) is 5.92 Å². The van der Waals surface area contributed by atoms with Crippen LogP contribution < -0.4 is 0 Å². The largest absolute Gasteiger partial charge is 0.468 e. The van der Waals surface area contributed by atoms with E-state index in [9.17, 15) is 9.90 Å². The maximum atomic E-state index is 11.7. The minimum Gasteiger partial charge on any atom is -0.468 e. The third-order valence-electron chi connectivity index (χ3n) is 3.09. The van der Waals surface area contributed by atoms with Crippen LogP contribution in [0.5, 0.6) is 0 Å². The Bertz CT molecular complexity index is 274. The summed E-state index contributed by atoms with van der Waals surface area (Å²) in [6.07, 6.45) is 0.126. The molecule has 5 heteroatoms. The van der Waals surface area contributed by atoms with Gasteiger partial charge in [-0.3, -0.25) is 4.79 Å². The summed E-state index contributed by atoms with van der Waals surface area (Å²) in [6, 6.07) is 0. The minimum absolute atomic E-state index is 0.452. The Kier molecular flexibility index (Phi) is 4.07. The summed E-state index contributed by atoms with van der Waals surface area (Å²) in [6.45, 7) is 3.82. The molecule has 0 unspecified atom stereocenters. The summed E-state index contributed by atoms with van der Waals surface area (Å²) in [4.78, 5) is 11.7. The number of aliphatic hydroxyl groups excluding tert-OH is 1. The maximum Gasteiger partial charge on any atom is 0.318 e. The normalized spacial score (nSPS) is 28.9. The van der Waals surface area contributed by atoms with E-state index in [1.54, 1.807) is 0 Å². The van der Waals surface area contributed by atoms with Crippen LogP contribution in [0, 0.1) is 5.92 Å². The number of ether oxygens (including phenoxy) is 3. The molecule has 2 atom stereocenters. The number of aliphatic hydroxyl groups is 1. The van der Waals surface area contributed by atoms with E-state index in [4.69, 9.17) is 14.2 Å². The summed E-state index contributed by atoms with van der Waals surface area (Å²) in [5.41, 5.74) is 0.654. The van der Waals surface area contributed by atoms with Gasteiger partial charge in [-0.15, -0.1) is 0 Å². The Morgan fingerprint density at radius 1 is 1.44 bits per heavy atom. The summed E-state index contributed by atoms with van der Waals surface area (Å²) in [5, 5.41) is 9.95. The first-order chi connectivity index (χ1) is 7.53. The van der Waals surface area contributed by atoms with Gasteiger partial charge in [0.25, 0.3) is 0 Å². The molecular formula is C11H18O5. The highest BCUT2D eigenvalue weighted by molar-refractivity contribution is 5.77. The predicted octanol–water partition coefficient (Wildman–Crippen LogP) is 0.476. The molecule has 0 heterocycles. The van der Waals surface area contributed by atoms with E-state index in [0.29, 0.717) is 18.4 Å². The predicted molar refractivity (Wildman–Crippen MR) is 56.6 cm³/mol. The van der Waals surface area contributed by atoms with Crippen LogP contribution in [0.2, 0.25) is 0 Å². The van der Waals surface area contributed by atoms with E-state index >= 15 is 0 Å². The van der Waals surface area contributed by atoms with Crippen LogP contribution in [0.1, 0.15) is 12.8 Å². The Morgan fingerprint density at radius 2 is 2.00 bits per heavy atom. The molecule has 1 aliphatic rings. The van der Waals surface area contributed by atoms with Crippen molar-refractivity contribution in [1.82, 2.24) is 0 Å². The van der Waals surface area contributed by atoms with Crippen molar-refractivity contribution in [2.45, 2.75) is 24.7 Å². The lowest BCUT2D eigenvalue weighted by atomic mass is 9.77. The number of rotatable bonds is 3. The van der Waals surface area contributed by atoms with E-state index in [1.807, 2.05) is 0 Å². The van der Waals surface area contributed by atoms with Crippen LogP contribution in [0.3, 0.4) is 0 Å². The van der Waals surface area contributed by atoms with Gasteiger partial charge in [0.05, 0.1) is 7.11 Å². The average Bonchev–Trinajstić information content (AvgIpc) is 2.31. The fourth-order valence-electron chi connectivity index (χ4n) is 2.18. The van der Waals surface area contributed by atoms with Gasteiger partial charge < -0.3 is 19.3 Å². The minimum atomic E-state index is -1.39. The first kappa shape index (κ1) is 13.2. The van der Waals surface area contributed by atoms with E-state index < -0.39 is 23.8 Å². The van der Waals surface area contributed by atoms with Gasteiger partial charge >= 0.3 is 5.97 Å². The van der Waals surface area contributed by atoms with Crippen LogP contribution in [0.4, 0.5) is 0 Å². The number of methoxy groups -OCH3 is 3. The van der Waals surface area contributed by atoms with Crippen LogP contribution >= 0.6 is 0 Å². The number of hydrogen-bond donors (Lipinski definition) is 1. The van der Waals surface area contributed by atoms with Crippen molar-refractivity contribution in [3.8, 4) is 0 Å². The van der Waals surface area contributed by atoms with Gasteiger partial charge in [0, 0.05) is 14.2 Å². The van der Waals surface area contributed by atoms with E-state index in [1.165, 1.54) is 21.3 Å². The standard InChI is InChI=1S/C11H18O5/c1-7-5-6-8(12)11(15-3,16-4)9(7)10(13)14-2/h8-9,12H,1,5-6H2,2-4H3/t8-,9+/m1/s1. The van der Waals surface area contributed by atoms with Crippen LogP contribution in [-0.4, -0.2) is 44.3 Å². The first-order valence-electron chi connectivity index (χ1n) is 5.07. The summed E-state index contributed by atoms with van der Waals surface area (Å²) >= 11 is 0. The van der Waals surface area contributed by atoms with Crippen molar-refractivity contribution in [3.05, 3.63) is 12.2 Å². The SMILES string of the molecule is C=C1CC[C@@H](O)C(OC)(OC)[C@@H]1C(=O)OC. The monoisotopic (exact) mass is 230 g/mol. The fraction of sp³-hybridized carbons (Fsp3) is 0.727. The first-order valence-corrected chi connectivity index (χ1v) is 5.07. The van der Waals surface area contributed by atoms with Crippen molar-refractivity contribution < 1.29 is 24.1 Å². The molecule has 5 nitrogen and oxygen atoms in total. The summed E-state index contributed by atoms with van der Waals surface area (Å²) in [5.74, 6) is -2.69. The van der Waals surface area contributed by atoms with Gasteiger partial charge in [0.1, 0.15) is 12.0 Å². The average molecular weight is 230 g/mol. The zero-order valence-corrected chi connectivity index (χ0v) is 9.86. The summed E-state index contributed by atoms with van der Waals surface area (Å²) < 4.78 is 15.1. The van der Waals surface area contributed by atoms with E-state index in [-0.39, 0.29) is 0 Å². The molecule has 1 saturated carbocycles. The van der Waals surface area contributed by atoms with Crippen LogP contribution in [-0.2, 0) is 19.0 Å². The molecule has 0 bridgehead atoms. The molecule has 0 aromatic rings. The molecule has 0 aromatic carbocycles. The van der Waals surface area contributed by atoms with Gasteiger partial charge in [0.2, 0.25) is 5.79 Å². The summed E-state index contributed by atoms with van der Waals surface area (Å²) in [7, 11) is 4.06. The highest BCUT2D eigenvalue weighted by Crippen LogP contribution is 2.40. The van der Waals surface area contributed by atoms with E-state index in [2.05, 4.69) is 6.58 Å².